The Kier molecular flexibility index (Phi) is 5.30. The first kappa shape index (κ1) is 15.9. The fraction of sp³-hybridized carbons (Fsp3) is 0.214. The Balaban J connectivity index is 2.12. The molecular weight excluding hydrogens is 312 g/mol. The van der Waals surface area contributed by atoms with Crippen molar-refractivity contribution in [2.24, 2.45) is 0 Å². The van der Waals surface area contributed by atoms with E-state index in [2.05, 4.69) is 9.71 Å². The molecule has 0 aliphatic rings. The average Bonchev–Trinajstić information content (AvgIpc) is 2.48. The van der Waals surface area contributed by atoms with Gasteiger partial charge in [-0.15, -0.1) is 0 Å². The minimum atomic E-state index is -3.74. The van der Waals surface area contributed by atoms with E-state index in [1.54, 1.807) is 0 Å². The van der Waals surface area contributed by atoms with E-state index in [1.165, 1.54) is 18.3 Å². The van der Waals surface area contributed by atoms with Crippen LogP contribution in [0.5, 0.6) is 0 Å². The molecule has 0 saturated carbocycles. The van der Waals surface area contributed by atoms with Crippen molar-refractivity contribution in [1.29, 1.82) is 0 Å². The Morgan fingerprint density at radius 1 is 1.19 bits per heavy atom. The van der Waals surface area contributed by atoms with Crippen LogP contribution in [0.1, 0.15) is 5.56 Å². The van der Waals surface area contributed by atoms with E-state index in [0.717, 1.165) is 5.56 Å². The third kappa shape index (κ3) is 4.50. The van der Waals surface area contributed by atoms with E-state index in [0.29, 0.717) is 6.42 Å². The van der Waals surface area contributed by atoms with E-state index in [9.17, 15) is 13.5 Å². The van der Waals surface area contributed by atoms with Crippen molar-refractivity contribution in [3.05, 3.63) is 59.4 Å². The molecule has 112 valence electrons. The van der Waals surface area contributed by atoms with Gasteiger partial charge in [-0.1, -0.05) is 41.9 Å². The van der Waals surface area contributed by atoms with Gasteiger partial charge >= 0.3 is 0 Å². The maximum absolute atomic E-state index is 12.2. The van der Waals surface area contributed by atoms with Gasteiger partial charge in [0.25, 0.3) is 0 Å². The summed E-state index contributed by atoms with van der Waals surface area (Å²) in [6, 6.07) is 11.5. The Bertz CT molecular complexity index is 675. The summed E-state index contributed by atoms with van der Waals surface area (Å²) < 4.78 is 26.9. The van der Waals surface area contributed by atoms with Crippen LogP contribution in [-0.4, -0.2) is 31.2 Å². The number of rotatable bonds is 6. The van der Waals surface area contributed by atoms with Gasteiger partial charge in [-0.05, 0) is 24.1 Å². The van der Waals surface area contributed by atoms with Crippen LogP contribution in [0, 0.1) is 0 Å². The number of aliphatic hydroxyl groups excluding tert-OH is 1. The monoisotopic (exact) mass is 326 g/mol. The lowest BCUT2D eigenvalue weighted by Crippen LogP contribution is -2.39. The largest absolute Gasteiger partial charge is 0.395 e. The quantitative estimate of drug-likeness (QED) is 0.791. The maximum atomic E-state index is 12.2. The molecule has 0 aliphatic heterocycles. The van der Waals surface area contributed by atoms with Gasteiger partial charge in [0.05, 0.1) is 6.61 Å². The van der Waals surface area contributed by atoms with E-state index in [-0.39, 0.29) is 16.7 Å². The second-order valence-electron chi connectivity index (χ2n) is 4.51. The molecule has 0 saturated heterocycles. The highest BCUT2D eigenvalue weighted by Gasteiger charge is 2.20. The number of pyridine rings is 1. The summed E-state index contributed by atoms with van der Waals surface area (Å²) in [5.41, 5.74) is 0.938. The molecule has 2 N–H and O–H groups in total. The summed E-state index contributed by atoms with van der Waals surface area (Å²) in [7, 11) is -3.74. The molecule has 0 radical (unpaired) electrons. The molecule has 0 spiro atoms. The number of sulfonamides is 1. The lowest BCUT2D eigenvalue weighted by Gasteiger charge is -2.16. The zero-order valence-corrected chi connectivity index (χ0v) is 12.7. The molecule has 2 rings (SSSR count). The first-order valence-corrected chi connectivity index (χ1v) is 8.16. The summed E-state index contributed by atoms with van der Waals surface area (Å²) in [5, 5.41) is 9.60. The van der Waals surface area contributed by atoms with E-state index in [1.807, 2.05) is 30.3 Å². The lowest BCUT2D eigenvalue weighted by atomic mass is 10.1. The van der Waals surface area contributed by atoms with Crippen LogP contribution in [0.25, 0.3) is 0 Å². The highest BCUT2D eigenvalue weighted by Crippen LogP contribution is 2.12. The molecule has 1 aromatic heterocycles. The number of hydrogen-bond donors (Lipinski definition) is 2. The predicted octanol–water partition coefficient (Wildman–Crippen LogP) is 1.62. The molecule has 0 fully saturated rings. The molecule has 1 atom stereocenters. The van der Waals surface area contributed by atoms with Crippen molar-refractivity contribution < 1.29 is 13.5 Å². The van der Waals surface area contributed by atoms with E-state index < -0.39 is 16.1 Å². The minimum absolute atomic E-state index is 0.0124. The number of nitrogens with zero attached hydrogens (tertiary/aromatic N) is 1. The number of aliphatic hydroxyl groups is 1. The van der Waals surface area contributed by atoms with Gasteiger partial charge in [-0.3, -0.25) is 0 Å². The number of benzene rings is 1. The van der Waals surface area contributed by atoms with E-state index >= 15 is 0 Å². The molecule has 7 heteroatoms. The molecule has 1 aromatic carbocycles. The maximum Gasteiger partial charge on any atom is 0.242 e. The summed E-state index contributed by atoms with van der Waals surface area (Å²) >= 11 is 5.64. The van der Waals surface area contributed by atoms with Crippen LogP contribution in [0.2, 0.25) is 5.15 Å². The SMILES string of the molecule is O=S(=O)(NC(CO)Cc1ccccc1)c1ccc(Cl)nc1. The molecule has 1 heterocycles. The van der Waals surface area contributed by atoms with Crippen molar-refractivity contribution >= 4 is 21.6 Å². The smallest absolute Gasteiger partial charge is 0.242 e. The van der Waals surface area contributed by atoms with Crippen LogP contribution in [0.3, 0.4) is 0 Å². The second-order valence-corrected chi connectivity index (χ2v) is 6.61. The van der Waals surface area contributed by atoms with Crippen LogP contribution in [0.15, 0.2) is 53.6 Å². The van der Waals surface area contributed by atoms with Crippen molar-refractivity contribution in [2.75, 3.05) is 6.61 Å². The van der Waals surface area contributed by atoms with Crippen LogP contribution in [-0.2, 0) is 16.4 Å². The molecular formula is C14H15ClN2O3S. The first-order chi connectivity index (χ1) is 10.0. The van der Waals surface area contributed by atoms with E-state index in [4.69, 9.17) is 11.6 Å². The number of nitrogens with one attached hydrogen (secondary N) is 1. The molecule has 0 amide bonds. The Hall–Kier alpha value is -1.47. The van der Waals surface area contributed by atoms with Gasteiger partial charge < -0.3 is 5.11 Å². The predicted molar refractivity (Wildman–Crippen MR) is 80.6 cm³/mol. The van der Waals surface area contributed by atoms with Crippen LogP contribution < -0.4 is 4.72 Å². The first-order valence-electron chi connectivity index (χ1n) is 6.30. The lowest BCUT2D eigenvalue weighted by molar-refractivity contribution is 0.256. The van der Waals surface area contributed by atoms with Gasteiger partial charge in [0.15, 0.2) is 0 Å². The number of halogens is 1. The van der Waals surface area contributed by atoms with Gasteiger partial charge in [0.1, 0.15) is 10.0 Å². The molecule has 21 heavy (non-hydrogen) atoms. The number of aromatic nitrogens is 1. The standard InChI is InChI=1S/C14H15ClN2O3S/c15-14-7-6-13(9-16-14)21(19,20)17-12(10-18)8-11-4-2-1-3-5-11/h1-7,9,12,17-18H,8,10H2. The molecule has 0 bridgehead atoms. The molecule has 0 aliphatic carbocycles. The molecule has 2 aromatic rings. The Labute approximate surface area is 128 Å². The van der Waals surface area contributed by atoms with Gasteiger partial charge in [0, 0.05) is 12.2 Å². The van der Waals surface area contributed by atoms with Gasteiger partial charge in [0.2, 0.25) is 10.0 Å². The highest BCUT2D eigenvalue weighted by molar-refractivity contribution is 7.89. The van der Waals surface area contributed by atoms with Crippen molar-refractivity contribution in [3.8, 4) is 0 Å². The second kappa shape index (κ2) is 7.00. The third-order valence-corrected chi connectivity index (χ3v) is 4.61. The molecule has 1 unspecified atom stereocenters. The summed E-state index contributed by atoms with van der Waals surface area (Å²) in [4.78, 5) is 3.76. The van der Waals surface area contributed by atoms with Gasteiger partial charge in [-0.2, -0.15) is 0 Å². The normalized spacial score (nSPS) is 13.0. The Morgan fingerprint density at radius 2 is 1.90 bits per heavy atom. The summed E-state index contributed by atoms with van der Waals surface area (Å²) in [6.45, 7) is -0.296. The average molecular weight is 327 g/mol. The van der Waals surface area contributed by atoms with Gasteiger partial charge in [-0.25, -0.2) is 18.1 Å². The summed E-state index contributed by atoms with van der Waals surface area (Å²) in [6.07, 6.45) is 1.58. The van der Waals surface area contributed by atoms with Crippen molar-refractivity contribution in [1.82, 2.24) is 9.71 Å². The molecule has 5 nitrogen and oxygen atoms in total. The fourth-order valence-corrected chi connectivity index (χ4v) is 3.13. The van der Waals surface area contributed by atoms with Crippen molar-refractivity contribution in [3.63, 3.8) is 0 Å². The van der Waals surface area contributed by atoms with Crippen LogP contribution in [0.4, 0.5) is 0 Å². The highest BCUT2D eigenvalue weighted by atomic mass is 35.5. The topological polar surface area (TPSA) is 79.3 Å². The minimum Gasteiger partial charge on any atom is -0.395 e. The number of hydrogen-bond acceptors (Lipinski definition) is 4. The van der Waals surface area contributed by atoms with Crippen molar-refractivity contribution in [2.45, 2.75) is 17.4 Å². The van der Waals surface area contributed by atoms with Crippen LogP contribution >= 0.6 is 11.6 Å². The third-order valence-electron chi connectivity index (χ3n) is 2.88. The summed E-state index contributed by atoms with van der Waals surface area (Å²) in [5.74, 6) is 0. The zero-order valence-electron chi connectivity index (χ0n) is 11.1. The fourth-order valence-electron chi connectivity index (χ4n) is 1.85. The Morgan fingerprint density at radius 3 is 2.48 bits per heavy atom. The zero-order chi connectivity index (χ0) is 15.3.